The van der Waals surface area contributed by atoms with Crippen LogP contribution in [0.4, 0.5) is 4.79 Å². The van der Waals surface area contributed by atoms with Crippen LogP contribution in [0.3, 0.4) is 0 Å². The zero-order chi connectivity index (χ0) is 40.9. The first-order valence-corrected chi connectivity index (χ1v) is 17.9. The number of nitrogens with two attached hydrogens (primary N) is 1. The van der Waals surface area contributed by atoms with E-state index in [4.69, 9.17) is 53.1 Å². The number of ether oxygens (including phenoxy) is 10. The molecule has 0 radical (unpaired) electrons. The minimum Gasteiger partial charge on any atom is -0.455 e. The Morgan fingerprint density at radius 2 is 1.42 bits per heavy atom. The maximum absolute atomic E-state index is 13.8. The Bertz CT molecular complexity index is 2020. The number of primary amides is 1. The first-order chi connectivity index (χ1) is 27.2. The van der Waals surface area contributed by atoms with Gasteiger partial charge < -0.3 is 53.1 Å². The third-order valence-corrected chi connectivity index (χ3v) is 9.06. The van der Waals surface area contributed by atoms with E-state index in [0.717, 1.165) is 34.6 Å². The van der Waals surface area contributed by atoms with Crippen molar-refractivity contribution in [2.24, 2.45) is 5.73 Å². The second-order valence-corrected chi connectivity index (χ2v) is 13.8. The molecule has 0 bridgehead atoms. The number of rotatable bonds is 15. The zero-order valence-corrected chi connectivity index (χ0v) is 31.5. The van der Waals surface area contributed by atoms with Crippen molar-refractivity contribution in [2.75, 3.05) is 6.61 Å². The minimum atomic E-state index is -1.74. The number of nitrogens with zero attached hydrogens (tertiary/aromatic N) is 2. The number of hydrogen-bond donors (Lipinski definition) is 1. The number of fused-ring (bicyclic) bond motifs is 1. The quantitative estimate of drug-likeness (QED) is 0.169. The molecule has 0 saturated carbocycles. The molecule has 3 fully saturated rings. The molecule has 1 aromatic heterocycles. The number of amides is 1. The highest BCUT2D eigenvalue weighted by molar-refractivity contribution is 5.79. The van der Waals surface area contributed by atoms with Gasteiger partial charge in [0.25, 0.3) is 5.56 Å². The lowest BCUT2D eigenvalue weighted by atomic mass is 10.0. The standard InChI is InChI=1S/C38H43N3O16/c1-21(42)51-27-25(19-50-37(47)49-18-24-13-9-6-10-14-24)53-35(32(27)52-22(2)43)55-30(33(39)45)28-29-31(57-38(3,4)56-29)34(54-28)40-16-15-26(44)41(36(40)46)20-48-17-23-11-7-5-8-12-23/h5-16,25,27-32,34-35H,17-20H2,1-4H3,(H2,39,45)/t25-,27-,28+,29-,30-,31-,32-,34-,35+/m1/s1. The van der Waals surface area contributed by atoms with E-state index in [-0.39, 0.29) is 19.9 Å². The van der Waals surface area contributed by atoms with Gasteiger partial charge in [0.2, 0.25) is 5.91 Å². The van der Waals surface area contributed by atoms with Gasteiger partial charge in [-0.15, -0.1) is 0 Å². The molecule has 1 amide bonds. The van der Waals surface area contributed by atoms with Gasteiger partial charge in [-0.2, -0.15) is 0 Å². The van der Waals surface area contributed by atoms with Crippen LogP contribution in [0.1, 0.15) is 45.0 Å². The molecule has 3 aliphatic heterocycles. The molecule has 0 aliphatic carbocycles. The van der Waals surface area contributed by atoms with Gasteiger partial charge in [-0.25, -0.2) is 14.2 Å². The van der Waals surface area contributed by atoms with Crippen LogP contribution in [0, 0.1) is 0 Å². The number of hydrogen-bond acceptors (Lipinski definition) is 16. The molecule has 306 valence electrons. The summed E-state index contributed by atoms with van der Waals surface area (Å²) in [6.07, 6.45) is -12.3. The molecule has 0 spiro atoms. The van der Waals surface area contributed by atoms with E-state index in [9.17, 15) is 28.8 Å². The van der Waals surface area contributed by atoms with Gasteiger partial charge >= 0.3 is 23.8 Å². The van der Waals surface area contributed by atoms with Crippen LogP contribution in [-0.4, -0.2) is 94.5 Å². The van der Waals surface area contributed by atoms with E-state index in [0.29, 0.717) is 5.56 Å². The van der Waals surface area contributed by atoms with E-state index in [1.54, 1.807) is 44.2 Å². The van der Waals surface area contributed by atoms with Gasteiger partial charge in [0.15, 0.2) is 36.6 Å². The number of carbonyl (C=O) groups excluding carboxylic acids is 4. The molecule has 57 heavy (non-hydrogen) atoms. The fraction of sp³-hybridized carbons (Fsp3) is 0.474. The zero-order valence-electron chi connectivity index (χ0n) is 31.5. The van der Waals surface area contributed by atoms with Crippen molar-refractivity contribution in [1.29, 1.82) is 0 Å². The summed E-state index contributed by atoms with van der Waals surface area (Å²) in [5.41, 5.74) is 5.95. The third kappa shape index (κ3) is 9.93. The summed E-state index contributed by atoms with van der Waals surface area (Å²) in [6.45, 7) is 4.49. The van der Waals surface area contributed by atoms with Crippen LogP contribution in [-0.2, 0) is 81.7 Å². The van der Waals surface area contributed by atoms with Gasteiger partial charge in [0.05, 0.1) is 6.61 Å². The van der Waals surface area contributed by atoms with Gasteiger partial charge in [0, 0.05) is 26.1 Å². The largest absolute Gasteiger partial charge is 0.508 e. The van der Waals surface area contributed by atoms with Crippen molar-refractivity contribution in [3.8, 4) is 0 Å². The Morgan fingerprint density at radius 1 is 0.807 bits per heavy atom. The summed E-state index contributed by atoms with van der Waals surface area (Å²) in [4.78, 5) is 76.8. The maximum Gasteiger partial charge on any atom is 0.508 e. The molecule has 3 aromatic rings. The molecule has 19 nitrogen and oxygen atoms in total. The van der Waals surface area contributed by atoms with E-state index < -0.39 is 103 Å². The predicted molar refractivity (Wildman–Crippen MR) is 190 cm³/mol. The lowest BCUT2D eigenvalue weighted by Crippen LogP contribution is -2.51. The van der Waals surface area contributed by atoms with Gasteiger partial charge in [-0.05, 0) is 25.0 Å². The summed E-state index contributed by atoms with van der Waals surface area (Å²) in [5.74, 6) is -3.97. The van der Waals surface area contributed by atoms with Crippen LogP contribution >= 0.6 is 0 Å². The summed E-state index contributed by atoms with van der Waals surface area (Å²) < 4.78 is 59.5. The minimum absolute atomic E-state index is 0.0942. The molecular weight excluding hydrogens is 754 g/mol. The Morgan fingerprint density at radius 3 is 2.05 bits per heavy atom. The van der Waals surface area contributed by atoms with Crippen molar-refractivity contribution in [1.82, 2.24) is 9.13 Å². The Hall–Kier alpha value is -5.44. The molecule has 2 N–H and O–H groups in total. The molecule has 9 atom stereocenters. The Labute approximate surface area is 325 Å². The van der Waals surface area contributed by atoms with Crippen molar-refractivity contribution in [2.45, 2.75) is 109 Å². The van der Waals surface area contributed by atoms with Gasteiger partial charge in [0.1, 0.15) is 44.4 Å². The van der Waals surface area contributed by atoms with Crippen LogP contribution in [0.2, 0.25) is 0 Å². The first kappa shape index (κ1) is 41.2. The number of benzene rings is 2. The highest BCUT2D eigenvalue weighted by Crippen LogP contribution is 2.44. The Balaban J connectivity index is 1.22. The number of esters is 2. The normalized spacial score (nSPS) is 26.6. The van der Waals surface area contributed by atoms with E-state index in [1.165, 1.54) is 6.20 Å². The average Bonchev–Trinajstić information content (AvgIpc) is 3.77. The molecule has 6 rings (SSSR count). The van der Waals surface area contributed by atoms with E-state index >= 15 is 0 Å². The van der Waals surface area contributed by atoms with Crippen molar-refractivity contribution in [3.05, 3.63) is 105 Å². The molecule has 19 heteroatoms. The highest BCUT2D eigenvalue weighted by Gasteiger charge is 2.61. The molecule has 2 aromatic carbocycles. The monoisotopic (exact) mass is 797 g/mol. The lowest BCUT2D eigenvalue weighted by Gasteiger charge is -2.30. The molecular formula is C38H43N3O16. The Kier molecular flexibility index (Phi) is 12.9. The predicted octanol–water partition coefficient (Wildman–Crippen LogP) is 1.41. The summed E-state index contributed by atoms with van der Waals surface area (Å²) in [5, 5.41) is 0. The smallest absolute Gasteiger partial charge is 0.455 e. The van der Waals surface area contributed by atoms with E-state index in [1.807, 2.05) is 30.3 Å². The summed E-state index contributed by atoms with van der Waals surface area (Å²) in [6, 6.07) is 19.1. The summed E-state index contributed by atoms with van der Waals surface area (Å²) >= 11 is 0. The van der Waals surface area contributed by atoms with E-state index in [2.05, 4.69) is 0 Å². The van der Waals surface area contributed by atoms with Crippen molar-refractivity contribution < 1.29 is 66.5 Å². The number of carbonyl (C=O) groups is 4. The van der Waals surface area contributed by atoms with Crippen LogP contribution in [0.15, 0.2) is 82.5 Å². The fourth-order valence-corrected chi connectivity index (χ4v) is 6.69. The highest BCUT2D eigenvalue weighted by atomic mass is 16.8. The maximum atomic E-state index is 13.8. The van der Waals surface area contributed by atoms with Crippen molar-refractivity contribution >= 4 is 24.0 Å². The number of aromatic nitrogens is 2. The average molecular weight is 798 g/mol. The fourth-order valence-electron chi connectivity index (χ4n) is 6.69. The van der Waals surface area contributed by atoms with Gasteiger partial charge in [-0.3, -0.25) is 23.7 Å². The third-order valence-electron chi connectivity index (χ3n) is 9.06. The summed E-state index contributed by atoms with van der Waals surface area (Å²) in [7, 11) is 0. The topological polar surface area (TPSA) is 231 Å². The first-order valence-electron chi connectivity index (χ1n) is 17.9. The second-order valence-electron chi connectivity index (χ2n) is 13.8. The molecule has 3 aliphatic rings. The molecule has 3 saturated heterocycles. The van der Waals surface area contributed by atoms with Crippen molar-refractivity contribution in [3.63, 3.8) is 0 Å². The SMILES string of the molecule is CC(=O)O[C@H]1[C@H](O[C@@H](C(N)=O)[C@H]2O[C@@H](n3ccc(=O)n(COCc4ccccc4)c3=O)[C@@H]3OC(C)(C)O[C@@H]32)O[C@H](COC(=O)OCc2ccccc2)[C@H]1OC(C)=O. The van der Waals surface area contributed by atoms with Crippen LogP contribution in [0.5, 0.6) is 0 Å². The van der Waals surface area contributed by atoms with Gasteiger partial charge in [-0.1, -0.05) is 60.7 Å². The second kappa shape index (κ2) is 17.8. The van der Waals surface area contributed by atoms with Crippen LogP contribution in [0.25, 0.3) is 0 Å². The van der Waals surface area contributed by atoms with Crippen LogP contribution < -0.4 is 17.0 Å². The molecule has 4 heterocycles. The lowest BCUT2D eigenvalue weighted by molar-refractivity contribution is -0.243. The molecule has 0 unspecified atom stereocenters.